The zero-order valence-corrected chi connectivity index (χ0v) is 21.6. The summed E-state index contributed by atoms with van der Waals surface area (Å²) in [5.74, 6) is -2.27. The summed E-state index contributed by atoms with van der Waals surface area (Å²) in [6.45, 7) is 4.54. The zero-order chi connectivity index (χ0) is 28.3. The molecule has 0 saturated carbocycles. The molecule has 0 aromatic heterocycles. The second kappa shape index (κ2) is 13.6. The van der Waals surface area contributed by atoms with Crippen LogP contribution in [0.15, 0.2) is 54.6 Å². The molecule has 0 saturated heterocycles. The Morgan fingerprint density at radius 1 is 1.11 bits per heavy atom. The van der Waals surface area contributed by atoms with E-state index in [-0.39, 0.29) is 30.7 Å². The highest BCUT2D eigenvalue weighted by atomic mass is 16.6. The van der Waals surface area contributed by atoms with Crippen molar-refractivity contribution in [3.8, 4) is 11.8 Å². The van der Waals surface area contributed by atoms with Gasteiger partial charge in [-0.25, -0.2) is 4.79 Å². The molecule has 11 heteroatoms. The number of primary amides is 1. The highest BCUT2D eigenvalue weighted by molar-refractivity contribution is 5.92. The number of benzene rings is 2. The molecule has 4 amide bonds. The Kier molecular flexibility index (Phi) is 10.6. The predicted molar refractivity (Wildman–Crippen MR) is 138 cm³/mol. The van der Waals surface area contributed by atoms with Crippen LogP contribution in [0.4, 0.5) is 4.79 Å². The Labute approximate surface area is 221 Å². The summed E-state index contributed by atoms with van der Waals surface area (Å²) in [6.07, 6.45) is -1.35. The van der Waals surface area contributed by atoms with E-state index in [0.717, 1.165) is 10.5 Å². The lowest BCUT2D eigenvalue weighted by molar-refractivity contribution is -0.142. The maximum atomic E-state index is 13.7. The summed E-state index contributed by atoms with van der Waals surface area (Å²) < 4.78 is 5.25. The van der Waals surface area contributed by atoms with Crippen molar-refractivity contribution in [2.75, 3.05) is 6.54 Å². The van der Waals surface area contributed by atoms with Crippen LogP contribution in [-0.2, 0) is 25.7 Å². The predicted octanol–water partition coefficient (Wildman–Crippen LogP) is 2.26. The topological polar surface area (TPSA) is 175 Å². The number of hydrogen-bond acceptors (Lipinski definition) is 7. The minimum Gasteiger partial charge on any atom is -0.508 e. The third-order valence-corrected chi connectivity index (χ3v) is 5.25. The van der Waals surface area contributed by atoms with Gasteiger partial charge in [0.25, 0.3) is 0 Å². The molecule has 2 rings (SSSR count). The first-order valence-electron chi connectivity index (χ1n) is 12.0. The molecule has 38 heavy (non-hydrogen) atoms. The number of ether oxygens (including phenoxy) is 1. The molecule has 0 radical (unpaired) electrons. The number of amides is 4. The quantitative estimate of drug-likeness (QED) is 0.327. The Morgan fingerprint density at radius 3 is 2.37 bits per heavy atom. The van der Waals surface area contributed by atoms with Gasteiger partial charge in [-0.05, 0) is 50.5 Å². The van der Waals surface area contributed by atoms with Crippen LogP contribution in [0.5, 0.6) is 5.75 Å². The molecule has 2 aromatic carbocycles. The SMILES string of the molecule is CC(C)(C)OC(=O)NC(CCC(N)=O)C(=O)N(CC#N)C(C(=O)NCc1ccccc1)c1cccc(O)c1. The Morgan fingerprint density at radius 2 is 1.79 bits per heavy atom. The van der Waals surface area contributed by atoms with Crippen LogP contribution in [0.1, 0.15) is 50.8 Å². The molecule has 0 spiro atoms. The van der Waals surface area contributed by atoms with E-state index in [1.54, 1.807) is 20.8 Å². The number of nitrogens with two attached hydrogens (primary N) is 1. The van der Waals surface area contributed by atoms with Crippen LogP contribution in [0.25, 0.3) is 0 Å². The van der Waals surface area contributed by atoms with E-state index in [4.69, 9.17) is 10.5 Å². The largest absolute Gasteiger partial charge is 0.508 e. The van der Waals surface area contributed by atoms with Crippen LogP contribution in [0.2, 0.25) is 0 Å². The number of carbonyl (C=O) groups excluding carboxylic acids is 4. The fourth-order valence-electron chi connectivity index (χ4n) is 3.62. The molecule has 0 aliphatic heterocycles. The molecule has 2 unspecified atom stereocenters. The van der Waals surface area contributed by atoms with Gasteiger partial charge >= 0.3 is 6.09 Å². The van der Waals surface area contributed by atoms with Crippen LogP contribution >= 0.6 is 0 Å². The molecule has 5 N–H and O–H groups in total. The highest BCUT2D eigenvalue weighted by Crippen LogP contribution is 2.26. The van der Waals surface area contributed by atoms with E-state index in [2.05, 4.69) is 10.6 Å². The van der Waals surface area contributed by atoms with Gasteiger partial charge in [0, 0.05) is 13.0 Å². The number of aromatic hydroxyl groups is 1. The van der Waals surface area contributed by atoms with Gasteiger partial charge in [-0.15, -0.1) is 0 Å². The maximum Gasteiger partial charge on any atom is 0.408 e. The van der Waals surface area contributed by atoms with Gasteiger partial charge in [0.1, 0.15) is 30.0 Å². The van der Waals surface area contributed by atoms with Gasteiger partial charge < -0.3 is 31.1 Å². The first-order chi connectivity index (χ1) is 17.9. The normalized spacial score (nSPS) is 12.4. The monoisotopic (exact) mass is 523 g/mol. The van der Waals surface area contributed by atoms with Crippen molar-refractivity contribution in [2.24, 2.45) is 5.73 Å². The number of alkyl carbamates (subject to hydrolysis) is 1. The third kappa shape index (κ3) is 9.46. The molecule has 11 nitrogen and oxygen atoms in total. The third-order valence-electron chi connectivity index (χ3n) is 5.25. The van der Waals surface area contributed by atoms with E-state index in [1.807, 2.05) is 36.4 Å². The molecule has 0 aliphatic carbocycles. The van der Waals surface area contributed by atoms with Gasteiger partial charge in [-0.1, -0.05) is 42.5 Å². The minimum absolute atomic E-state index is 0.144. The van der Waals surface area contributed by atoms with Gasteiger partial charge in [0.2, 0.25) is 17.7 Å². The number of nitrogens with one attached hydrogen (secondary N) is 2. The van der Waals surface area contributed by atoms with Gasteiger partial charge in [0.15, 0.2) is 0 Å². The van der Waals surface area contributed by atoms with Crippen LogP contribution in [-0.4, -0.2) is 52.0 Å². The lowest BCUT2D eigenvalue weighted by Gasteiger charge is -2.33. The number of hydrogen-bond donors (Lipinski definition) is 4. The number of nitrogens with zero attached hydrogens (tertiary/aromatic N) is 2. The smallest absolute Gasteiger partial charge is 0.408 e. The maximum absolute atomic E-state index is 13.7. The van der Waals surface area contributed by atoms with Crippen molar-refractivity contribution in [1.82, 2.24) is 15.5 Å². The van der Waals surface area contributed by atoms with Crippen LogP contribution < -0.4 is 16.4 Å². The van der Waals surface area contributed by atoms with Crippen molar-refractivity contribution >= 4 is 23.8 Å². The first kappa shape index (κ1) is 29.6. The Balaban J connectivity index is 2.44. The molecule has 0 aliphatic rings. The fraction of sp³-hybridized carbons (Fsp3) is 0.370. The molecule has 0 heterocycles. The van der Waals surface area contributed by atoms with Crippen LogP contribution in [0, 0.1) is 11.3 Å². The molecule has 2 atom stereocenters. The van der Waals surface area contributed by atoms with E-state index < -0.39 is 48.0 Å². The number of carbonyl (C=O) groups is 4. The molecule has 0 fully saturated rings. The van der Waals surface area contributed by atoms with E-state index in [9.17, 15) is 29.5 Å². The van der Waals surface area contributed by atoms with Crippen molar-refractivity contribution in [3.63, 3.8) is 0 Å². The zero-order valence-electron chi connectivity index (χ0n) is 21.6. The lowest BCUT2D eigenvalue weighted by atomic mass is 10.0. The summed E-state index contributed by atoms with van der Waals surface area (Å²) in [5.41, 5.74) is 5.45. The average Bonchev–Trinajstić information content (AvgIpc) is 2.84. The summed E-state index contributed by atoms with van der Waals surface area (Å²) in [7, 11) is 0. The molecule has 202 valence electrons. The molecular formula is C27H33N5O6. The van der Waals surface area contributed by atoms with Gasteiger partial charge in [-0.2, -0.15) is 5.26 Å². The number of phenolic OH excluding ortho intramolecular Hbond substituents is 1. The van der Waals surface area contributed by atoms with E-state index in [0.29, 0.717) is 0 Å². The second-order valence-corrected chi connectivity index (χ2v) is 9.53. The fourth-order valence-corrected chi connectivity index (χ4v) is 3.62. The van der Waals surface area contributed by atoms with Crippen molar-refractivity contribution in [1.29, 1.82) is 5.26 Å². The van der Waals surface area contributed by atoms with Gasteiger partial charge in [0.05, 0.1) is 6.07 Å². The molecular weight excluding hydrogens is 490 g/mol. The summed E-state index contributed by atoms with van der Waals surface area (Å²) >= 11 is 0. The van der Waals surface area contributed by atoms with Gasteiger partial charge in [-0.3, -0.25) is 14.4 Å². The molecule has 0 bridgehead atoms. The summed E-state index contributed by atoms with van der Waals surface area (Å²) in [4.78, 5) is 52.1. The van der Waals surface area contributed by atoms with Crippen LogP contribution in [0.3, 0.4) is 0 Å². The van der Waals surface area contributed by atoms with Crippen molar-refractivity contribution in [2.45, 2.75) is 57.8 Å². The van der Waals surface area contributed by atoms with E-state index in [1.165, 1.54) is 24.3 Å². The highest BCUT2D eigenvalue weighted by Gasteiger charge is 2.36. The standard InChI is InChI=1S/C27H33N5O6/c1-27(2,3)38-26(37)31-21(12-13-22(29)34)25(36)32(15-14-28)23(19-10-7-11-20(33)16-19)24(35)30-17-18-8-5-4-6-9-18/h4-11,16,21,23,33H,12-13,15,17H2,1-3H3,(H2,29,34)(H,30,35)(H,31,37). The lowest BCUT2D eigenvalue weighted by Crippen LogP contribution is -2.53. The number of phenols is 1. The minimum atomic E-state index is -1.34. The van der Waals surface area contributed by atoms with E-state index >= 15 is 0 Å². The Bertz CT molecular complexity index is 1170. The second-order valence-electron chi connectivity index (χ2n) is 9.53. The summed E-state index contributed by atoms with van der Waals surface area (Å²) in [5, 5.41) is 24.8. The van der Waals surface area contributed by atoms with Crippen molar-refractivity contribution < 1.29 is 29.0 Å². The van der Waals surface area contributed by atoms with Crippen molar-refractivity contribution in [3.05, 3.63) is 65.7 Å². The summed E-state index contributed by atoms with van der Waals surface area (Å²) in [6, 6.07) is 14.0. The average molecular weight is 524 g/mol. The first-order valence-corrected chi connectivity index (χ1v) is 12.0. The number of nitriles is 1. The molecule has 2 aromatic rings. The Hall–Kier alpha value is -4.59. The number of rotatable bonds is 11.